The highest BCUT2D eigenvalue weighted by molar-refractivity contribution is 5.85. The van der Waals surface area contributed by atoms with Gasteiger partial charge in [0.2, 0.25) is 0 Å². The quantitative estimate of drug-likeness (QED) is 0.784. The fraction of sp³-hybridized carbons (Fsp3) is 0.214. The van der Waals surface area contributed by atoms with Crippen LogP contribution in [0.15, 0.2) is 36.8 Å². The van der Waals surface area contributed by atoms with Crippen LogP contribution in [0.4, 0.5) is 5.82 Å². The number of aromatic nitrogens is 4. The van der Waals surface area contributed by atoms with Gasteiger partial charge >= 0.3 is 0 Å². The van der Waals surface area contributed by atoms with E-state index in [1.165, 1.54) is 0 Å². The molecule has 0 aliphatic carbocycles. The summed E-state index contributed by atoms with van der Waals surface area (Å²) in [4.78, 5) is 8.48. The second-order valence-electron chi connectivity index (χ2n) is 4.36. The molecule has 0 saturated carbocycles. The molecule has 3 aromatic rings. The first-order chi connectivity index (χ1) is 9.81. The van der Waals surface area contributed by atoms with E-state index >= 15 is 0 Å². The molecule has 0 radical (unpaired) electrons. The minimum absolute atomic E-state index is 0.660. The van der Waals surface area contributed by atoms with Crippen LogP contribution in [0.25, 0.3) is 11.0 Å². The molecule has 102 valence electrons. The van der Waals surface area contributed by atoms with E-state index in [-0.39, 0.29) is 0 Å². The van der Waals surface area contributed by atoms with Gasteiger partial charge in [-0.3, -0.25) is 0 Å². The highest BCUT2D eigenvalue weighted by atomic mass is 16.5. The van der Waals surface area contributed by atoms with Gasteiger partial charge in [-0.05, 0) is 17.7 Å². The van der Waals surface area contributed by atoms with Crippen molar-refractivity contribution in [2.75, 3.05) is 19.5 Å². The molecule has 0 spiro atoms. The smallest absolute Gasteiger partial charge is 0.163 e. The van der Waals surface area contributed by atoms with Gasteiger partial charge in [0.15, 0.2) is 5.65 Å². The highest BCUT2D eigenvalue weighted by Gasteiger charge is 2.08. The molecule has 1 N–H and O–H groups in total. The van der Waals surface area contributed by atoms with E-state index in [4.69, 9.17) is 4.74 Å². The maximum absolute atomic E-state index is 5.15. The van der Waals surface area contributed by atoms with Crippen LogP contribution in [0.1, 0.15) is 5.56 Å². The molecule has 0 bridgehead atoms. The average molecular weight is 269 g/mol. The van der Waals surface area contributed by atoms with Crippen LogP contribution in [0.5, 0.6) is 5.75 Å². The number of anilines is 1. The second-order valence-corrected chi connectivity index (χ2v) is 4.36. The van der Waals surface area contributed by atoms with Crippen molar-refractivity contribution in [1.29, 1.82) is 0 Å². The molecule has 0 fully saturated rings. The van der Waals surface area contributed by atoms with Crippen molar-refractivity contribution < 1.29 is 4.74 Å². The summed E-state index contributed by atoms with van der Waals surface area (Å²) < 4.78 is 7.01. The van der Waals surface area contributed by atoms with Crippen LogP contribution in [0.2, 0.25) is 0 Å². The fourth-order valence-corrected chi connectivity index (χ4v) is 2.11. The number of fused-ring (bicyclic) bond motifs is 1. The van der Waals surface area contributed by atoms with Crippen LogP contribution in [0.3, 0.4) is 0 Å². The van der Waals surface area contributed by atoms with E-state index in [9.17, 15) is 0 Å². The van der Waals surface area contributed by atoms with Crippen LogP contribution in [0, 0.1) is 0 Å². The maximum Gasteiger partial charge on any atom is 0.163 e. The van der Waals surface area contributed by atoms with Crippen molar-refractivity contribution in [2.45, 2.75) is 6.54 Å². The molecule has 2 aromatic heterocycles. The molecule has 0 atom stereocenters. The Balaban J connectivity index is 1.94. The zero-order valence-electron chi connectivity index (χ0n) is 11.4. The van der Waals surface area contributed by atoms with Gasteiger partial charge in [0, 0.05) is 7.05 Å². The molecule has 6 heteroatoms. The Kier molecular flexibility index (Phi) is 3.20. The molecule has 3 rings (SSSR count). The van der Waals surface area contributed by atoms with E-state index in [1.807, 2.05) is 36.0 Å². The number of nitrogens with one attached hydrogen (secondary N) is 1. The van der Waals surface area contributed by atoms with Gasteiger partial charge < -0.3 is 10.1 Å². The minimum Gasteiger partial charge on any atom is -0.497 e. The Morgan fingerprint density at radius 3 is 2.70 bits per heavy atom. The van der Waals surface area contributed by atoms with E-state index < -0.39 is 0 Å². The zero-order chi connectivity index (χ0) is 13.9. The molecular weight excluding hydrogens is 254 g/mol. The molecule has 1 aromatic carbocycles. The van der Waals surface area contributed by atoms with E-state index in [2.05, 4.69) is 20.4 Å². The van der Waals surface area contributed by atoms with Crippen LogP contribution in [-0.4, -0.2) is 33.9 Å². The zero-order valence-corrected chi connectivity index (χ0v) is 11.4. The summed E-state index contributed by atoms with van der Waals surface area (Å²) in [5.74, 6) is 1.63. The third kappa shape index (κ3) is 2.16. The monoisotopic (exact) mass is 269 g/mol. The SMILES string of the molecule is CNc1ncnc2c1cnn2Cc1ccc(OC)cc1. The van der Waals surface area contributed by atoms with Gasteiger partial charge in [-0.25, -0.2) is 14.6 Å². The van der Waals surface area contributed by atoms with Gasteiger partial charge in [-0.15, -0.1) is 0 Å². The molecule has 0 saturated heterocycles. The lowest BCUT2D eigenvalue weighted by atomic mass is 10.2. The van der Waals surface area contributed by atoms with Crippen molar-refractivity contribution in [2.24, 2.45) is 0 Å². The summed E-state index contributed by atoms with van der Waals surface area (Å²) in [6.45, 7) is 0.660. The second kappa shape index (κ2) is 5.16. The third-order valence-corrected chi connectivity index (χ3v) is 3.16. The largest absolute Gasteiger partial charge is 0.497 e. The van der Waals surface area contributed by atoms with Crippen LogP contribution in [-0.2, 0) is 6.54 Å². The number of rotatable bonds is 4. The number of ether oxygens (including phenoxy) is 1. The van der Waals surface area contributed by atoms with Crippen LogP contribution < -0.4 is 10.1 Å². The molecule has 2 heterocycles. The lowest BCUT2D eigenvalue weighted by molar-refractivity contribution is 0.414. The Hall–Kier alpha value is -2.63. The predicted octanol–water partition coefficient (Wildman–Crippen LogP) is 1.92. The van der Waals surface area contributed by atoms with Gasteiger partial charge in [0.05, 0.1) is 25.2 Å². The molecule has 20 heavy (non-hydrogen) atoms. The minimum atomic E-state index is 0.660. The van der Waals surface area contributed by atoms with E-state index in [0.717, 1.165) is 28.2 Å². The number of benzene rings is 1. The Bertz CT molecular complexity index is 720. The van der Waals surface area contributed by atoms with Crippen molar-refractivity contribution in [3.05, 3.63) is 42.4 Å². The number of nitrogens with zero attached hydrogens (tertiary/aromatic N) is 4. The molecule has 6 nitrogen and oxygen atoms in total. The molecule has 0 aliphatic heterocycles. The lowest BCUT2D eigenvalue weighted by Gasteiger charge is -2.05. The van der Waals surface area contributed by atoms with E-state index in [1.54, 1.807) is 19.6 Å². The van der Waals surface area contributed by atoms with Crippen LogP contribution >= 0.6 is 0 Å². The summed E-state index contributed by atoms with van der Waals surface area (Å²) >= 11 is 0. The fourth-order valence-electron chi connectivity index (χ4n) is 2.11. The van der Waals surface area contributed by atoms with Gasteiger partial charge in [-0.1, -0.05) is 12.1 Å². The summed E-state index contributed by atoms with van der Waals surface area (Å²) in [5.41, 5.74) is 1.96. The first-order valence-corrected chi connectivity index (χ1v) is 6.29. The third-order valence-electron chi connectivity index (χ3n) is 3.16. The van der Waals surface area contributed by atoms with Crippen molar-refractivity contribution in [1.82, 2.24) is 19.7 Å². The molecule has 0 unspecified atom stereocenters. The lowest BCUT2D eigenvalue weighted by Crippen LogP contribution is -2.03. The Morgan fingerprint density at radius 1 is 1.20 bits per heavy atom. The maximum atomic E-state index is 5.15. The van der Waals surface area contributed by atoms with Gasteiger partial charge in [0.25, 0.3) is 0 Å². The summed E-state index contributed by atoms with van der Waals surface area (Å²) in [5, 5.41) is 8.35. The standard InChI is InChI=1S/C14H15N5O/c1-15-13-12-7-18-19(14(12)17-9-16-13)8-10-3-5-11(20-2)6-4-10/h3-7,9H,8H2,1-2H3,(H,15,16,17). The summed E-state index contributed by atoms with van der Waals surface area (Å²) in [6, 6.07) is 7.92. The van der Waals surface area contributed by atoms with Gasteiger partial charge in [-0.2, -0.15) is 5.10 Å². The molecule has 0 aliphatic rings. The average Bonchev–Trinajstić information content (AvgIpc) is 2.91. The number of hydrogen-bond donors (Lipinski definition) is 1. The first kappa shape index (κ1) is 12.4. The number of methoxy groups -OCH3 is 1. The van der Waals surface area contributed by atoms with Crippen molar-refractivity contribution >= 4 is 16.9 Å². The van der Waals surface area contributed by atoms with Crippen molar-refractivity contribution in [3.8, 4) is 5.75 Å². The predicted molar refractivity (Wildman–Crippen MR) is 77.0 cm³/mol. The van der Waals surface area contributed by atoms with Crippen molar-refractivity contribution in [3.63, 3.8) is 0 Å². The van der Waals surface area contributed by atoms with Gasteiger partial charge in [0.1, 0.15) is 17.9 Å². The molecular formula is C14H15N5O. The first-order valence-electron chi connectivity index (χ1n) is 6.29. The highest BCUT2D eigenvalue weighted by Crippen LogP contribution is 2.19. The normalized spacial score (nSPS) is 10.7. The summed E-state index contributed by atoms with van der Waals surface area (Å²) in [7, 11) is 3.49. The topological polar surface area (TPSA) is 64.9 Å². The summed E-state index contributed by atoms with van der Waals surface area (Å²) in [6.07, 6.45) is 3.32. The number of hydrogen-bond acceptors (Lipinski definition) is 5. The molecule has 0 amide bonds. The van der Waals surface area contributed by atoms with E-state index in [0.29, 0.717) is 6.54 Å². The Labute approximate surface area is 116 Å². The Morgan fingerprint density at radius 2 is 2.00 bits per heavy atom.